The summed E-state index contributed by atoms with van der Waals surface area (Å²) < 4.78 is 24.5. The number of likely N-dealkylation sites (tertiary alicyclic amines) is 1. The molecule has 7 nitrogen and oxygen atoms in total. The molecule has 1 aliphatic rings. The summed E-state index contributed by atoms with van der Waals surface area (Å²) in [5.41, 5.74) is 3.51. The zero-order chi connectivity index (χ0) is 23.4. The molecule has 8 heteroatoms. The highest BCUT2D eigenvalue weighted by atomic mass is 19.1. The number of methoxy groups -OCH3 is 2. The lowest BCUT2D eigenvalue weighted by molar-refractivity contribution is -0.131. The second kappa shape index (κ2) is 10.3. The first-order valence-corrected chi connectivity index (χ1v) is 11.3. The van der Waals surface area contributed by atoms with Gasteiger partial charge in [-0.05, 0) is 61.8 Å². The number of aromatic nitrogens is 2. The predicted molar refractivity (Wildman–Crippen MR) is 126 cm³/mol. The lowest BCUT2D eigenvalue weighted by Gasteiger charge is -2.32. The Morgan fingerprint density at radius 2 is 2.00 bits per heavy atom. The minimum Gasteiger partial charge on any atom is -0.496 e. The predicted octanol–water partition coefficient (Wildman–Crippen LogP) is 3.66. The fourth-order valence-corrected chi connectivity index (χ4v) is 4.46. The van der Waals surface area contributed by atoms with E-state index in [-0.39, 0.29) is 11.7 Å². The number of pyridine rings is 1. The van der Waals surface area contributed by atoms with Gasteiger partial charge in [0.1, 0.15) is 17.2 Å². The van der Waals surface area contributed by atoms with Crippen molar-refractivity contribution in [1.82, 2.24) is 19.8 Å². The van der Waals surface area contributed by atoms with Crippen LogP contribution in [0, 0.1) is 5.82 Å². The minimum atomic E-state index is -0.304. The molecule has 33 heavy (non-hydrogen) atoms. The van der Waals surface area contributed by atoms with E-state index in [0.717, 1.165) is 48.2 Å². The molecule has 3 heterocycles. The average molecular weight is 455 g/mol. The number of fused-ring (bicyclic) bond motifs is 1. The van der Waals surface area contributed by atoms with Crippen molar-refractivity contribution in [2.45, 2.75) is 18.8 Å². The smallest absolute Gasteiger partial charge is 0.236 e. The maximum absolute atomic E-state index is 14.0. The Balaban J connectivity index is 1.47. The molecular formula is C25H31FN4O3. The van der Waals surface area contributed by atoms with Crippen molar-refractivity contribution < 1.29 is 18.7 Å². The van der Waals surface area contributed by atoms with Gasteiger partial charge in [-0.1, -0.05) is 0 Å². The van der Waals surface area contributed by atoms with E-state index in [1.165, 1.54) is 12.1 Å². The van der Waals surface area contributed by atoms with Gasteiger partial charge in [0.15, 0.2) is 0 Å². The summed E-state index contributed by atoms with van der Waals surface area (Å²) in [6.07, 6.45) is 3.65. The largest absolute Gasteiger partial charge is 0.496 e. The van der Waals surface area contributed by atoms with E-state index in [1.807, 2.05) is 13.1 Å². The molecule has 0 saturated carbocycles. The number of piperidine rings is 1. The van der Waals surface area contributed by atoms with Gasteiger partial charge in [-0.2, -0.15) is 0 Å². The van der Waals surface area contributed by atoms with Crippen molar-refractivity contribution in [3.63, 3.8) is 0 Å². The molecule has 0 unspecified atom stereocenters. The van der Waals surface area contributed by atoms with Gasteiger partial charge in [0.25, 0.3) is 0 Å². The molecule has 1 saturated heterocycles. The van der Waals surface area contributed by atoms with Crippen LogP contribution < -0.4 is 4.74 Å². The number of amides is 1. The van der Waals surface area contributed by atoms with E-state index in [0.29, 0.717) is 36.9 Å². The van der Waals surface area contributed by atoms with Crippen molar-refractivity contribution in [2.24, 2.45) is 0 Å². The lowest BCUT2D eigenvalue weighted by atomic mass is 9.93. The Bertz CT molecular complexity index is 1110. The van der Waals surface area contributed by atoms with Gasteiger partial charge in [0.05, 0.1) is 20.3 Å². The molecular weight excluding hydrogens is 423 g/mol. The summed E-state index contributed by atoms with van der Waals surface area (Å²) in [6.45, 7) is 3.31. The normalized spacial score (nSPS) is 15.2. The first-order valence-electron chi connectivity index (χ1n) is 11.3. The number of aromatic amines is 1. The Morgan fingerprint density at radius 1 is 1.21 bits per heavy atom. The summed E-state index contributed by atoms with van der Waals surface area (Å²) >= 11 is 0. The van der Waals surface area contributed by atoms with E-state index in [9.17, 15) is 9.18 Å². The van der Waals surface area contributed by atoms with Crippen LogP contribution in [0.25, 0.3) is 22.2 Å². The number of nitrogens with one attached hydrogen (secondary N) is 1. The number of halogens is 1. The van der Waals surface area contributed by atoms with Crippen molar-refractivity contribution in [3.05, 3.63) is 48.0 Å². The Hall–Kier alpha value is -2.97. The highest BCUT2D eigenvalue weighted by Crippen LogP contribution is 2.37. The quantitative estimate of drug-likeness (QED) is 0.563. The monoisotopic (exact) mass is 454 g/mol. The minimum absolute atomic E-state index is 0.119. The Labute approximate surface area is 193 Å². The summed E-state index contributed by atoms with van der Waals surface area (Å²) in [5.74, 6) is 0.800. The van der Waals surface area contributed by atoms with Crippen LogP contribution in [0.3, 0.4) is 0 Å². The van der Waals surface area contributed by atoms with E-state index in [4.69, 9.17) is 9.47 Å². The maximum atomic E-state index is 14.0. The number of nitrogens with zero attached hydrogens (tertiary/aromatic N) is 3. The zero-order valence-corrected chi connectivity index (χ0v) is 19.4. The number of ether oxygens (including phenoxy) is 2. The van der Waals surface area contributed by atoms with E-state index in [2.05, 4.69) is 20.9 Å². The van der Waals surface area contributed by atoms with Crippen LogP contribution in [0.2, 0.25) is 0 Å². The van der Waals surface area contributed by atoms with Gasteiger partial charge in [-0.15, -0.1) is 0 Å². The molecule has 1 amide bonds. The van der Waals surface area contributed by atoms with Crippen LogP contribution in [0.1, 0.15) is 24.5 Å². The average Bonchev–Trinajstić information content (AvgIpc) is 3.27. The van der Waals surface area contributed by atoms with Crippen molar-refractivity contribution in [3.8, 4) is 16.9 Å². The highest BCUT2D eigenvalue weighted by molar-refractivity contribution is 5.95. The molecule has 1 N–H and O–H groups in total. The van der Waals surface area contributed by atoms with Gasteiger partial charge < -0.3 is 19.4 Å². The number of benzene rings is 1. The topological polar surface area (TPSA) is 70.7 Å². The van der Waals surface area contributed by atoms with Crippen LogP contribution in [0.5, 0.6) is 5.75 Å². The van der Waals surface area contributed by atoms with Gasteiger partial charge in [-0.25, -0.2) is 9.37 Å². The standard InChI is InChI=1S/C25H31FN4O3/c1-29(12-13-32-2)24(31)16-30-10-7-17(8-11-30)22-15-21-19(6-9-27-25(21)28-22)20-14-18(26)4-5-23(20)33-3/h4-6,9,14-15,17H,7-8,10-13,16H2,1-3H3,(H,27,28). The third-order valence-electron chi connectivity index (χ3n) is 6.45. The molecule has 0 aliphatic carbocycles. The molecule has 4 rings (SSSR count). The number of H-pyrrole nitrogens is 1. The zero-order valence-electron chi connectivity index (χ0n) is 19.4. The molecule has 2 aromatic heterocycles. The number of rotatable bonds is 8. The lowest BCUT2D eigenvalue weighted by Crippen LogP contribution is -2.42. The molecule has 1 fully saturated rings. The van der Waals surface area contributed by atoms with Crippen molar-refractivity contribution >= 4 is 16.9 Å². The SMILES string of the molecule is COCCN(C)C(=O)CN1CCC(c2cc3c(-c4cc(F)ccc4OC)ccnc3[nH]2)CC1. The third kappa shape index (κ3) is 5.17. The second-order valence-electron chi connectivity index (χ2n) is 8.55. The Morgan fingerprint density at radius 3 is 2.73 bits per heavy atom. The second-order valence-corrected chi connectivity index (χ2v) is 8.55. The number of carbonyl (C=O) groups is 1. The molecule has 1 aromatic carbocycles. The summed E-state index contributed by atoms with van der Waals surface area (Å²) in [4.78, 5) is 24.3. The number of hydrogen-bond donors (Lipinski definition) is 1. The fraction of sp³-hybridized carbons (Fsp3) is 0.440. The van der Waals surface area contributed by atoms with Crippen LogP contribution in [0.4, 0.5) is 4.39 Å². The molecule has 176 valence electrons. The van der Waals surface area contributed by atoms with E-state index < -0.39 is 0 Å². The van der Waals surface area contributed by atoms with Crippen molar-refractivity contribution in [2.75, 3.05) is 54.1 Å². The number of carbonyl (C=O) groups excluding carboxylic acids is 1. The van der Waals surface area contributed by atoms with Crippen molar-refractivity contribution in [1.29, 1.82) is 0 Å². The van der Waals surface area contributed by atoms with Gasteiger partial charge in [0, 0.05) is 49.5 Å². The molecule has 0 bridgehead atoms. The Kier molecular flexibility index (Phi) is 7.25. The van der Waals surface area contributed by atoms with Gasteiger partial charge in [0.2, 0.25) is 5.91 Å². The molecule has 0 atom stereocenters. The van der Waals surface area contributed by atoms with Crippen LogP contribution in [0.15, 0.2) is 36.5 Å². The molecule has 1 aliphatic heterocycles. The van der Waals surface area contributed by atoms with Crippen LogP contribution in [-0.2, 0) is 9.53 Å². The van der Waals surface area contributed by atoms with E-state index >= 15 is 0 Å². The number of hydrogen-bond acceptors (Lipinski definition) is 5. The third-order valence-corrected chi connectivity index (χ3v) is 6.45. The number of likely N-dealkylation sites (N-methyl/N-ethyl adjacent to an activating group) is 1. The molecule has 0 radical (unpaired) electrons. The molecule has 0 spiro atoms. The molecule has 3 aromatic rings. The van der Waals surface area contributed by atoms with Crippen LogP contribution >= 0.6 is 0 Å². The highest BCUT2D eigenvalue weighted by Gasteiger charge is 2.25. The summed E-state index contributed by atoms with van der Waals surface area (Å²) in [5, 5.41) is 0.953. The fourth-order valence-electron chi connectivity index (χ4n) is 4.46. The first kappa shape index (κ1) is 23.2. The van der Waals surface area contributed by atoms with Gasteiger partial charge in [-0.3, -0.25) is 9.69 Å². The van der Waals surface area contributed by atoms with Crippen LogP contribution in [-0.4, -0.2) is 79.7 Å². The maximum Gasteiger partial charge on any atom is 0.236 e. The summed E-state index contributed by atoms with van der Waals surface area (Å²) in [6, 6.07) is 8.57. The summed E-state index contributed by atoms with van der Waals surface area (Å²) in [7, 11) is 5.04. The first-order chi connectivity index (χ1) is 16.0. The van der Waals surface area contributed by atoms with E-state index in [1.54, 1.807) is 31.4 Å². The van der Waals surface area contributed by atoms with Gasteiger partial charge >= 0.3 is 0 Å².